The summed E-state index contributed by atoms with van der Waals surface area (Å²) in [5.74, 6) is 0.559. The molecule has 18 heavy (non-hydrogen) atoms. The van der Waals surface area contributed by atoms with Crippen molar-refractivity contribution in [1.82, 2.24) is 14.5 Å². The molecule has 1 aliphatic rings. The molecular weight excluding hydrogens is 224 g/mol. The first kappa shape index (κ1) is 11.3. The summed E-state index contributed by atoms with van der Waals surface area (Å²) >= 11 is 0. The van der Waals surface area contributed by atoms with Crippen molar-refractivity contribution in [1.29, 1.82) is 0 Å². The van der Waals surface area contributed by atoms with Gasteiger partial charge in [-0.3, -0.25) is 0 Å². The Hall–Kier alpha value is -1.84. The van der Waals surface area contributed by atoms with Gasteiger partial charge in [-0.2, -0.15) is 0 Å². The summed E-state index contributed by atoms with van der Waals surface area (Å²) in [6.07, 6.45) is 9.16. The molecule has 0 radical (unpaired) electrons. The van der Waals surface area contributed by atoms with Gasteiger partial charge >= 0.3 is 0 Å². The van der Waals surface area contributed by atoms with Crippen LogP contribution in [0.5, 0.6) is 0 Å². The van der Waals surface area contributed by atoms with Gasteiger partial charge < -0.3 is 10.3 Å². The Morgan fingerprint density at radius 2 is 2.39 bits per heavy atom. The van der Waals surface area contributed by atoms with E-state index >= 15 is 0 Å². The first-order chi connectivity index (χ1) is 8.63. The lowest BCUT2D eigenvalue weighted by molar-refractivity contribution is 0.415. The Morgan fingerprint density at radius 3 is 3.11 bits per heavy atom. The summed E-state index contributed by atoms with van der Waals surface area (Å²) in [4.78, 5) is 8.40. The second-order valence-electron chi connectivity index (χ2n) is 5.47. The van der Waals surface area contributed by atoms with Crippen LogP contribution in [0.25, 0.3) is 11.0 Å². The lowest BCUT2D eigenvalue weighted by Crippen LogP contribution is -2.10. The van der Waals surface area contributed by atoms with E-state index in [1.807, 2.05) is 6.07 Å². The number of hydrogen-bond acceptors (Lipinski definition) is 3. The molecule has 0 aromatic carbocycles. The third kappa shape index (κ3) is 1.60. The summed E-state index contributed by atoms with van der Waals surface area (Å²) in [5.41, 5.74) is 7.06. The zero-order chi connectivity index (χ0) is 12.8. The number of fused-ring (bicyclic) bond motifs is 1. The smallest absolute Gasteiger partial charge is 0.145 e. The van der Waals surface area contributed by atoms with E-state index in [2.05, 4.69) is 40.3 Å². The molecule has 1 saturated carbocycles. The second-order valence-corrected chi connectivity index (χ2v) is 5.47. The fraction of sp³-hybridized carbons (Fsp3) is 0.429. The highest BCUT2D eigenvalue weighted by atomic mass is 15.1. The van der Waals surface area contributed by atoms with Gasteiger partial charge in [0.25, 0.3) is 0 Å². The number of aromatic nitrogens is 3. The molecule has 1 aliphatic carbocycles. The average Bonchev–Trinajstić information content (AvgIpc) is 2.94. The Labute approximate surface area is 107 Å². The maximum atomic E-state index is 5.87. The lowest BCUT2D eigenvalue weighted by atomic mass is 9.89. The van der Waals surface area contributed by atoms with Gasteiger partial charge in [0.05, 0.1) is 5.39 Å². The zero-order valence-electron chi connectivity index (χ0n) is 10.6. The summed E-state index contributed by atoms with van der Waals surface area (Å²) in [6, 6.07) is 2.49. The van der Waals surface area contributed by atoms with E-state index < -0.39 is 0 Å². The van der Waals surface area contributed by atoms with Crippen molar-refractivity contribution in [2.45, 2.75) is 32.2 Å². The highest BCUT2D eigenvalue weighted by Crippen LogP contribution is 2.45. The van der Waals surface area contributed by atoms with Crippen LogP contribution in [0.3, 0.4) is 0 Å². The van der Waals surface area contributed by atoms with Gasteiger partial charge in [0, 0.05) is 12.2 Å². The third-order valence-electron chi connectivity index (χ3n) is 4.18. The molecule has 3 rings (SSSR count). The molecule has 0 spiro atoms. The van der Waals surface area contributed by atoms with Crippen molar-refractivity contribution < 1.29 is 0 Å². The largest absolute Gasteiger partial charge is 0.383 e. The summed E-state index contributed by atoms with van der Waals surface area (Å²) in [6.45, 7) is 6.22. The lowest BCUT2D eigenvalue weighted by Gasteiger charge is -2.19. The number of nitrogens with two attached hydrogens (primary N) is 1. The van der Waals surface area contributed by atoms with E-state index in [1.54, 1.807) is 0 Å². The number of anilines is 1. The van der Waals surface area contributed by atoms with Crippen LogP contribution in [0.1, 0.15) is 32.2 Å². The van der Waals surface area contributed by atoms with Crippen LogP contribution in [-0.2, 0) is 0 Å². The van der Waals surface area contributed by atoms with E-state index in [0.717, 1.165) is 23.9 Å². The van der Waals surface area contributed by atoms with Crippen LogP contribution in [0.2, 0.25) is 0 Å². The minimum atomic E-state index is 0.250. The Balaban J connectivity index is 2.01. The Bertz CT molecular complexity index is 601. The van der Waals surface area contributed by atoms with E-state index in [1.165, 1.54) is 12.7 Å². The van der Waals surface area contributed by atoms with E-state index in [9.17, 15) is 0 Å². The standard InChI is InChI=1S/C14H18N4/c1-3-14(2)6-4-10(8-14)18-7-5-11-12(15)16-9-17-13(11)18/h3,5,7,9-10H,1,4,6,8H2,2H3,(H2,15,16,17). The maximum Gasteiger partial charge on any atom is 0.145 e. The molecule has 0 aliphatic heterocycles. The minimum Gasteiger partial charge on any atom is -0.383 e. The summed E-state index contributed by atoms with van der Waals surface area (Å²) < 4.78 is 2.24. The fourth-order valence-electron chi connectivity index (χ4n) is 2.95. The molecule has 94 valence electrons. The van der Waals surface area contributed by atoms with Crippen molar-refractivity contribution >= 4 is 16.9 Å². The van der Waals surface area contributed by atoms with Crippen LogP contribution < -0.4 is 5.73 Å². The molecule has 2 aromatic rings. The normalized spacial score (nSPS) is 27.7. The maximum absolute atomic E-state index is 5.87. The van der Waals surface area contributed by atoms with Crippen molar-refractivity contribution in [2.24, 2.45) is 5.41 Å². The van der Waals surface area contributed by atoms with Gasteiger partial charge in [-0.25, -0.2) is 9.97 Å². The van der Waals surface area contributed by atoms with E-state index in [0.29, 0.717) is 11.9 Å². The van der Waals surface area contributed by atoms with Gasteiger partial charge in [-0.15, -0.1) is 6.58 Å². The highest BCUT2D eigenvalue weighted by molar-refractivity contribution is 5.86. The third-order valence-corrected chi connectivity index (χ3v) is 4.18. The molecule has 0 amide bonds. The first-order valence-corrected chi connectivity index (χ1v) is 6.33. The molecule has 4 nitrogen and oxygen atoms in total. The quantitative estimate of drug-likeness (QED) is 0.824. The topological polar surface area (TPSA) is 56.7 Å². The number of nitrogens with zero attached hydrogens (tertiary/aromatic N) is 3. The summed E-state index contributed by atoms with van der Waals surface area (Å²) in [7, 11) is 0. The van der Waals surface area contributed by atoms with Gasteiger partial charge in [0.15, 0.2) is 0 Å². The molecule has 4 heteroatoms. The van der Waals surface area contributed by atoms with Gasteiger partial charge in [0.1, 0.15) is 17.8 Å². The second kappa shape index (κ2) is 3.83. The number of allylic oxidation sites excluding steroid dienone is 1. The highest BCUT2D eigenvalue weighted by Gasteiger charge is 2.33. The van der Waals surface area contributed by atoms with Crippen LogP contribution in [-0.4, -0.2) is 14.5 Å². The average molecular weight is 242 g/mol. The Morgan fingerprint density at radius 1 is 1.56 bits per heavy atom. The first-order valence-electron chi connectivity index (χ1n) is 6.33. The molecule has 2 atom stereocenters. The SMILES string of the molecule is C=CC1(C)CCC(n2ccc3c(N)ncnc32)C1. The van der Waals surface area contributed by atoms with Crippen molar-refractivity contribution in [3.8, 4) is 0 Å². The molecule has 1 fully saturated rings. The monoisotopic (exact) mass is 242 g/mol. The molecule has 0 saturated heterocycles. The zero-order valence-corrected chi connectivity index (χ0v) is 10.6. The summed E-state index contributed by atoms with van der Waals surface area (Å²) in [5, 5.41) is 0.949. The molecule has 0 bridgehead atoms. The fourth-order valence-corrected chi connectivity index (χ4v) is 2.95. The molecule has 2 unspecified atom stereocenters. The van der Waals surface area contributed by atoms with E-state index in [-0.39, 0.29) is 5.41 Å². The van der Waals surface area contributed by atoms with Crippen LogP contribution in [0, 0.1) is 5.41 Å². The van der Waals surface area contributed by atoms with E-state index in [4.69, 9.17) is 5.73 Å². The molecule has 2 aromatic heterocycles. The van der Waals surface area contributed by atoms with Crippen molar-refractivity contribution in [3.05, 3.63) is 31.2 Å². The molecule has 2 heterocycles. The predicted molar refractivity (Wildman–Crippen MR) is 73.1 cm³/mol. The number of rotatable bonds is 2. The van der Waals surface area contributed by atoms with Gasteiger partial charge in [-0.05, 0) is 30.7 Å². The molecular formula is C14H18N4. The number of nitrogen functional groups attached to an aromatic ring is 1. The predicted octanol–water partition coefficient (Wildman–Crippen LogP) is 2.93. The van der Waals surface area contributed by atoms with Crippen LogP contribution in [0.15, 0.2) is 31.2 Å². The van der Waals surface area contributed by atoms with Crippen LogP contribution >= 0.6 is 0 Å². The van der Waals surface area contributed by atoms with Crippen LogP contribution in [0.4, 0.5) is 5.82 Å². The minimum absolute atomic E-state index is 0.250. The molecule has 2 N–H and O–H groups in total. The Kier molecular flexibility index (Phi) is 2.40. The van der Waals surface area contributed by atoms with Gasteiger partial charge in [-0.1, -0.05) is 13.0 Å². The van der Waals surface area contributed by atoms with Crippen molar-refractivity contribution in [3.63, 3.8) is 0 Å². The van der Waals surface area contributed by atoms with Gasteiger partial charge in [0.2, 0.25) is 0 Å². The number of hydrogen-bond donors (Lipinski definition) is 1. The van der Waals surface area contributed by atoms with Crippen molar-refractivity contribution in [2.75, 3.05) is 5.73 Å².